The third kappa shape index (κ3) is 1.80. The van der Waals surface area contributed by atoms with Crippen LogP contribution in [0.2, 0.25) is 0 Å². The van der Waals surface area contributed by atoms with Gasteiger partial charge < -0.3 is 10.2 Å². The van der Waals surface area contributed by atoms with Crippen LogP contribution in [0.3, 0.4) is 0 Å². The molecule has 0 radical (unpaired) electrons. The maximum absolute atomic E-state index is 12.9. The summed E-state index contributed by atoms with van der Waals surface area (Å²) in [5, 5.41) is 21.2. The van der Waals surface area contributed by atoms with Gasteiger partial charge in [-0.2, -0.15) is 0 Å². The molecular formula is C19H28O4. The highest BCUT2D eigenvalue weighted by Gasteiger charge is 2.67. The molecule has 4 aliphatic carbocycles. The van der Waals surface area contributed by atoms with Gasteiger partial charge in [-0.05, 0) is 49.9 Å². The van der Waals surface area contributed by atoms with E-state index in [1.165, 1.54) is 0 Å². The van der Waals surface area contributed by atoms with Crippen LogP contribution in [0, 0.1) is 28.6 Å². The lowest BCUT2D eigenvalue weighted by atomic mass is 9.43. The number of carbonyl (C=O) groups is 2. The Morgan fingerprint density at radius 2 is 1.74 bits per heavy atom. The molecule has 128 valence electrons. The van der Waals surface area contributed by atoms with E-state index in [0.29, 0.717) is 43.3 Å². The van der Waals surface area contributed by atoms with E-state index in [9.17, 15) is 19.8 Å². The number of hydrogen-bond donors (Lipinski definition) is 2. The number of hydrogen-bond acceptors (Lipinski definition) is 4. The smallest absolute Gasteiger partial charge is 0.165 e. The number of fused-ring (bicyclic) bond motifs is 5. The van der Waals surface area contributed by atoms with Crippen molar-refractivity contribution < 1.29 is 19.8 Å². The Bertz CT molecular complexity index is 572. The number of rotatable bonds is 0. The first-order chi connectivity index (χ1) is 10.7. The molecule has 0 bridgehead atoms. The van der Waals surface area contributed by atoms with Gasteiger partial charge in [0.25, 0.3) is 0 Å². The summed E-state index contributed by atoms with van der Waals surface area (Å²) in [5.74, 6) is 1.10. The van der Waals surface area contributed by atoms with E-state index in [0.717, 1.165) is 19.3 Å². The molecule has 0 saturated heterocycles. The molecule has 0 aliphatic heterocycles. The first-order valence-electron chi connectivity index (χ1n) is 9.19. The van der Waals surface area contributed by atoms with Crippen LogP contribution in [0.1, 0.15) is 65.2 Å². The molecule has 4 aliphatic rings. The Balaban J connectivity index is 1.74. The maximum Gasteiger partial charge on any atom is 0.165 e. The number of Topliss-reactive ketones (excluding diaryl/α,β-unsaturated/α-hetero) is 2. The van der Waals surface area contributed by atoms with E-state index in [2.05, 4.69) is 13.8 Å². The molecule has 0 heterocycles. The molecule has 0 aromatic carbocycles. The Morgan fingerprint density at radius 3 is 2.48 bits per heavy atom. The van der Waals surface area contributed by atoms with E-state index in [1.807, 2.05) is 0 Å². The second kappa shape index (κ2) is 4.66. The van der Waals surface area contributed by atoms with Crippen LogP contribution in [0.15, 0.2) is 0 Å². The van der Waals surface area contributed by atoms with Crippen LogP contribution in [-0.4, -0.2) is 33.5 Å². The molecule has 4 nitrogen and oxygen atoms in total. The fraction of sp³-hybridized carbons (Fsp3) is 0.895. The Morgan fingerprint density at radius 1 is 1.00 bits per heavy atom. The van der Waals surface area contributed by atoms with E-state index < -0.39 is 17.1 Å². The molecule has 3 unspecified atom stereocenters. The van der Waals surface area contributed by atoms with Crippen molar-refractivity contribution in [2.24, 2.45) is 28.6 Å². The summed E-state index contributed by atoms with van der Waals surface area (Å²) in [6.07, 6.45) is 4.73. The third-order valence-corrected chi connectivity index (χ3v) is 8.32. The van der Waals surface area contributed by atoms with Gasteiger partial charge in [-0.3, -0.25) is 9.59 Å². The fourth-order valence-electron chi connectivity index (χ4n) is 6.79. The van der Waals surface area contributed by atoms with Gasteiger partial charge in [-0.15, -0.1) is 0 Å². The SMILES string of the molecule is C[C@]12CCC3C(CC(=O)[C@@]4(O)C[C@@H](O)CC[C@]34C)C1CCC2=O. The zero-order valence-corrected chi connectivity index (χ0v) is 14.2. The van der Waals surface area contributed by atoms with Gasteiger partial charge in [0.15, 0.2) is 5.78 Å². The van der Waals surface area contributed by atoms with Gasteiger partial charge in [-0.25, -0.2) is 0 Å². The number of ketones is 2. The van der Waals surface area contributed by atoms with Crippen molar-refractivity contribution in [2.45, 2.75) is 76.9 Å². The molecule has 0 spiro atoms. The summed E-state index contributed by atoms with van der Waals surface area (Å²) in [6, 6.07) is 0. The molecule has 0 aromatic heterocycles. The predicted molar refractivity (Wildman–Crippen MR) is 84.6 cm³/mol. The van der Waals surface area contributed by atoms with Crippen LogP contribution in [0.25, 0.3) is 0 Å². The molecule has 23 heavy (non-hydrogen) atoms. The van der Waals surface area contributed by atoms with E-state index in [1.54, 1.807) is 0 Å². The summed E-state index contributed by atoms with van der Waals surface area (Å²) < 4.78 is 0. The van der Waals surface area contributed by atoms with Crippen LogP contribution >= 0.6 is 0 Å². The lowest BCUT2D eigenvalue weighted by molar-refractivity contribution is -0.211. The highest BCUT2D eigenvalue weighted by molar-refractivity contribution is 5.91. The second-order valence-electron chi connectivity index (χ2n) is 9.10. The highest BCUT2D eigenvalue weighted by atomic mass is 16.3. The van der Waals surface area contributed by atoms with Gasteiger partial charge in [0, 0.05) is 30.1 Å². The average Bonchev–Trinajstić information content (AvgIpc) is 2.79. The van der Waals surface area contributed by atoms with Crippen molar-refractivity contribution in [2.75, 3.05) is 0 Å². The molecule has 0 aromatic rings. The molecule has 7 atom stereocenters. The van der Waals surface area contributed by atoms with Gasteiger partial charge >= 0.3 is 0 Å². The van der Waals surface area contributed by atoms with Crippen LogP contribution in [0.5, 0.6) is 0 Å². The van der Waals surface area contributed by atoms with E-state index in [4.69, 9.17) is 0 Å². The van der Waals surface area contributed by atoms with Gasteiger partial charge in [0.05, 0.1) is 6.10 Å². The number of carbonyl (C=O) groups excluding carboxylic acids is 2. The molecule has 4 heteroatoms. The molecule has 4 fully saturated rings. The van der Waals surface area contributed by atoms with Crippen molar-refractivity contribution >= 4 is 11.6 Å². The summed E-state index contributed by atoms with van der Waals surface area (Å²) in [5.41, 5.74) is -2.07. The summed E-state index contributed by atoms with van der Waals surface area (Å²) >= 11 is 0. The fourth-order valence-corrected chi connectivity index (χ4v) is 6.79. The minimum atomic E-state index is -1.37. The van der Waals surface area contributed by atoms with Crippen LogP contribution < -0.4 is 0 Å². The average molecular weight is 320 g/mol. The normalized spacial score (nSPS) is 56.0. The Kier molecular flexibility index (Phi) is 3.20. The van der Waals surface area contributed by atoms with Gasteiger partial charge in [-0.1, -0.05) is 13.8 Å². The van der Waals surface area contributed by atoms with Crippen molar-refractivity contribution in [3.05, 3.63) is 0 Å². The minimum absolute atomic E-state index is 0.0939. The Hall–Kier alpha value is -0.740. The molecular weight excluding hydrogens is 292 g/mol. The highest BCUT2D eigenvalue weighted by Crippen LogP contribution is 2.65. The summed E-state index contributed by atoms with van der Waals surface area (Å²) in [6.45, 7) is 4.16. The minimum Gasteiger partial charge on any atom is -0.393 e. The lowest BCUT2D eigenvalue weighted by Crippen LogP contribution is -2.67. The number of aliphatic hydroxyl groups is 2. The van der Waals surface area contributed by atoms with Crippen molar-refractivity contribution in [1.29, 1.82) is 0 Å². The van der Waals surface area contributed by atoms with Crippen molar-refractivity contribution in [3.8, 4) is 0 Å². The first-order valence-corrected chi connectivity index (χ1v) is 9.19. The zero-order valence-electron chi connectivity index (χ0n) is 14.2. The van der Waals surface area contributed by atoms with Crippen molar-refractivity contribution in [1.82, 2.24) is 0 Å². The monoisotopic (exact) mass is 320 g/mol. The molecule has 4 rings (SSSR count). The van der Waals surface area contributed by atoms with E-state index in [-0.39, 0.29) is 23.5 Å². The zero-order chi connectivity index (χ0) is 16.6. The van der Waals surface area contributed by atoms with Gasteiger partial charge in [0.1, 0.15) is 11.4 Å². The predicted octanol–water partition coefficient (Wildman–Crippen LogP) is 2.25. The molecule has 4 saturated carbocycles. The lowest BCUT2D eigenvalue weighted by Gasteiger charge is -2.62. The molecule has 2 N–H and O–H groups in total. The van der Waals surface area contributed by atoms with E-state index >= 15 is 0 Å². The number of aliphatic hydroxyl groups excluding tert-OH is 1. The summed E-state index contributed by atoms with van der Waals surface area (Å²) in [7, 11) is 0. The van der Waals surface area contributed by atoms with Crippen LogP contribution in [-0.2, 0) is 9.59 Å². The maximum atomic E-state index is 12.9. The first kappa shape index (κ1) is 15.8. The van der Waals surface area contributed by atoms with Crippen LogP contribution in [0.4, 0.5) is 0 Å². The van der Waals surface area contributed by atoms with Gasteiger partial charge in [0.2, 0.25) is 0 Å². The Labute approximate surface area is 137 Å². The second-order valence-corrected chi connectivity index (χ2v) is 9.10. The standard InChI is InChI=1S/C19H28O4/c1-17-7-6-14-12(13(17)3-4-15(17)21)9-16(22)19(23)10-11(20)5-8-18(14,19)2/h11-14,20,23H,3-10H2,1-2H3/t11-,12?,13?,14?,17-,18+,19-/m0/s1. The summed E-state index contributed by atoms with van der Waals surface area (Å²) in [4.78, 5) is 25.3. The van der Waals surface area contributed by atoms with Crippen molar-refractivity contribution in [3.63, 3.8) is 0 Å². The molecule has 0 amide bonds. The quantitative estimate of drug-likeness (QED) is 0.718. The third-order valence-electron chi connectivity index (χ3n) is 8.32. The largest absolute Gasteiger partial charge is 0.393 e. The topological polar surface area (TPSA) is 74.6 Å².